The fourth-order valence-corrected chi connectivity index (χ4v) is 6.27. The molecule has 2 N–H and O–H groups in total. The number of benzene rings is 1. The van der Waals surface area contributed by atoms with E-state index >= 15 is 0 Å². The largest absolute Gasteiger partial charge is 0.448 e. The van der Waals surface area contributed by atoms with Crippen LogP contribution in [0.5, 0.6) is 11.5 Å². The zero-order chi connectivity index (χ0) is 27.4. The first-order chi connectivity index (χ1) is 18.0. The number of hydrogen-bond donors (Lipinski definition) is 2. The van der Waals surface area contributed by atoms with Crippen LogP contribution in [0.2, 0.25) is 5.02 Å². The molecule has 1 aromatic carbocycles. The van der Waals surface area contributed by atoms with Crippen molar-refractivity contribution in [1.29, 1.82) is 0 Å². The van der Waals surface area contributed by atoms with Gasteiger partial charge in [-0.2, -0.15) is 0 Å². The van der Waals surface area contributed by atoms with Crippen molar-refractivity contribution in [3.63, 3.8) is 0 Å². The number of aryl methyl sites for hydroxylation is 1. The molecule has 0 radical (unpaired) electrons. The van der Waals surface area contributed by atoms with Crippen molar-refractivity contribution in [2.45, 2.75) is 63.4 Å². The van der Waals surface area contributed by atoms with Gasteiger partial charge in [0.2, 0.25) is 5.91 Å². The molecule has 204 valence electrons. The van der Waals surface area contributed by atoms with E-state index in [1.54, 1.807) is 17.9 Å². The summed E-state index contributed by atoms with van der Waals surface area (Å²) in [5.41, 5.74) is 1.93. The van der Waals surface area contributed by atoms with E-state index in [0.29, 0.717) is 60.5 Å². The number of halogens is 2. The van der Waals surface area contributed by atoms with Crippen LogP contribution in [0.3, 0.4) is 0 Å². The van der Waals surface area contributed by atoms with E-state index in [4.69, 9.17) is 21.1 Å². The summed E-state index contributed by atoms with van der Waals surface area (Å²) >= 11 is 8.00. The van der Waals surface area contributed by atoms with E-state index in [1.165, 1.54) is 11.8 Å². The van der Waals surface area contributed by atoms with Gasteiger partial charge in [-0.25, -0.2) is 4.39 Å². The highest BCUT2D eigenvalue weighted by Crippen LogP contribution is 2.51. The third-order valence-corrected chi connectivity index (χ3v) is 8.83. The quantitative estimate of drug-likeness (QED) is 0.506. The average molecular weight is 564 g/mol. The maximum absolute atomic E-state index is 13.3. The van der Waals surface area contributed by atoms with Gasteiger partial charge in [0, 0.05) is 59.8 Å². The Morgan fingerprint density at radius 2 is 1.89 bits per heavy atom. The van der Waals surface area contributed by atoms with E-state index < -0.39 is 17.9 Å². The first kappa shape index (κ1) is 26.9. The third kappa shape index (κ3) is 4.88. The SMILES string of the molecule is CSc1cc(C)[nH]c(=O)c1CNC(=O)c1cc(Cl)c2c(c1C)O[C@](C)(C1CCN(C(=O)[C@@H]3C[C@@H]3F)CC1)O2. The molecule has 8 nitrogen and oxygen atoms in total. The lowest BCUT2D eigenvalue weighted by Gasteiger charge is -2.38. The van der Waals surface area contributed by atoms with Crippen LogP contribution in [0, 0.1) is 25.7 Å². The van der Waals surface area contributed by atoms with Crippen molar-refractivity contribution >= 4 is 35.2 Å². The van der Waals surface area contributed by atoms with Crippen molar-refractivity contribution in [3.8, 4) is 11.5 Å². The number of aromatic nitrogens is 1. The number of piperidine rings is 1. The van der Waals surface area contributed by atoms with Gasteiger partial charge >= 0.3 is 0 Å². The fraction of sp³-hybridized carbons (Fsp3) is 0.519. The number of nitrogens with one attached hydrogen (secondary N) is 2. The molecule has 0 bridgehead atoms. The molecule has 1 aromatic heterocycles. The number of H-pyrrole nitrogens is 1. The number of likely N-dealkylation sites (tertiary alicyclic amines) is 1. The molecule has 0 spiro atoms. The van der Waals surface area contributed by atoms with Crippen LogP contribution >= 0.6 is 23.4 Å². The summed E-state index contributed by atoms with van der Waals surface area (Å²) in [6.07, 6.45) is 2.49. The number of pyridine rings is 1. The Labute approximate surface area is 229 Å². The number of amides is 2. The third-order valence-electron chi connectivity index (χ3n) is 7.75. The van der Waals surface area contributed by atoms with Gasteiger partial charge in [0.25, 0.3) is 17.3 Å². The summed E-state index contributed by atoms with van der Waals surface area (Å²) in [7, 11) is 0. The van der Waals surface area contributed by atoms with Crippen LogP contribution < -0.4 is 20.3 Å². The summed E-state index contributed by atoms with van der Waals surface area (Å²) in [5, 5.41) is 3.09. The molecule has 1 saturated carbocycles. The van der Waals surface area contributed by atoms with Crippen LogP contribution in [0.25, 0.3) is 0 Å². The lowest BCUT2D eigenvalue weighted by atomic mass is 9.89. The van der Waals surface area contributed by atoms with Gasteiger partial charge in [0.15, 0.2) is 11.5 Å². The molecular formula is C27H31ClFN3O5S. The predicted molar refractivity (Wildman–Crippen MR) is 143 cm³/mol. The summed E-state index contributed by atoms with van der Waals surface area (Å²) in [4.78, 5) is 43.3. The first-order valence-electron chi connectivity index (χ1n) is 12.7. The van der Waals surface area contributed by atoms with Crippen molar-refractivity contribution in [2.24, 2.45) is 11.8 Å². The van der Waals surface area contributed by atoms with Gasteiger partial charge in [0.1, 0.15) is 6.17 Å². The van der Waals surface area contributed by atoms with Crippen molar-refractivity contribution in [2.75, 3.05) is 19.3 Å². The van der Waals surface area contributed by atoms with Gasteiger partial charge in [-0.15, -0.1) is 11.8 Å². The molecule has 2 fully saturated rings. The molecule has 2 aliphatic heterocycles. The zero-order valence-corrected chi connectivity index (χ0v) is 23.4. The van der Waals surface area contributed by atoms with Crippen LogP contribution in [-0.2, 0) is 11.3 Å². The number of nitrogens with zero attached hydrogens (tertiary/aromatic N) is 1. The van der Waals surface area contributed by atoms with Crippen LogP contribution in [0.4, 0.5) is 4.39 Å². The zero-order valence-electron chi connectivity index (χ0n) is 21.8. The second kappa shape index (κ2) is 10.1. The minimum absolute atomic E-state index is 0.0229. The highest BCUT2D eigenvalue weighted by molar-refractivity contribution is 7.98. The molecule has 38 heavy (non-hydrogen) atoms. The molecule has 2 amide bonds. The van der Waals surface area contributed by atoms with Crippen molar-refractivity contribution in [3.05, 3.63) is 49.9 Å². The Morgan fingerprint density at radius 3 is 2.53 bits per heavy atom. The molecular weight excluding hydrogens is 533 g/mol. The molecule has 0 unspecified atom stereocenters. The lowest BCUT2D eigenvalue weighted by molar-refractivity contribution is -0.144. The second-order valence-corrected chi connectivity index (χ2v) is 11.6. The monoisotopic (exact) mass is 563 g/mol. The van der Waals surface area contributed by atoms with E-state index in [1.807, 2.05) is 26.2 Å². The minimum Gasteiger partial charge on any atom is -0.448 e. The summed E-state index contributed by atoms with van der Waals surface area (Å²) < 4.78 is 25.9. The molecule has 3 aliphatic rings. The van der Waals surface area contributed by atoms with Gasteiger partial charge in [-0.3, -0.25) is 14.4 Å². The summed E-state index contributed by atoms with van der Waals surface area (Å²) in [6, 6.07) is 3.43. The number of hydrogen-bond acceptors (Lipinski definition) is 6. The first-order valence-corrected chi connectivity index (χ1v) is 14.3. The van der Waals surface area contributed by atoms with Crippen molar-refractivity contribution < 1.29 is 23.5 Å². The van der Waals surface area contributed by atoms with E-state index in [2.05, 4.69) is 10.3 Å². The summed E-state index contributed by atoms with van der Waals surface area (Å²) in [5.74, 6) is -1.19. The molecule has 11 heteroatoms. The molecule has 5 rings (SSSR count). The Bertz CT molecular complexity index is 1360. The standard InChI is InChI=1S/C27H31ClFN3O5S/c1-13-9-21(38-4)18(25(34)31-13)12-30-24(33)16-10-19(28)23-22(14(16)2)36-27(3,37-23)15-5-7-32(8-6-15)26(35)17-11-20(17)29/h9-10,15,17,20H,5-8,11-12H2,1-4H3,(H,30,33)(H,31,34)/t17-,20+,27+/m1/s1. The number of ether oxygens (including phenoxy) is 2. The maximum Gasteiger partial charge on any atom is 0.254 e. The lowest BCUT2D eigenvalue weighted by Crippen LogP contribution is -2.50. The van der Waals surface area contributed by atoms with E-state index in [-0.39, 0.29) is 34.9 Å². The number of thioether (sulfide) groups is 1. The van der Waals surface area contributed by atoms with Gasteiger partial charge in [-0.1, -0.05) is 11.6 Å². The fourth-order valence-electron chi connectivity index (χ4n) is 5.33. The Kier molecular flexibility index (Phi) is 7.15. The number of aromatic amines is 1. The summed E-state index contributed by atoms with van der Waals surface area (Å²) in [6.45, 7) is 6.53. The Morgan fingerprint density at radius 1 is 1.24 bits per heavy atom. The molecule has 2 aromatic rings. The average Bonchev–Trinajstić information content (AvgIpc) is 3.50. The highest BCUT2D eigenvalue weighted by Gasteiger charge is 2.50. The van der Waals surface area contributed by atoms with Crippen LogP contribution in [0.15, 0.2) is 21.8 Å². The number of carbonyl (C=O) groups is 2. The van der Waals surface area contributed by atoms with Gasteiger partial charge in [-0.05, 0) is 51.5 Å². The van der Waals surface area contributed by atoms with Gasteiger partial charge in [0.05, 0.1) is 10.9 Å². The molecule has 1 saturated heterocycles. The number of fused-ring (bicyclic) bond motifs is 1. The number of carbonyl (C=O) groups excluding carboxylic acids is 2. The minimum atomic E-state index is -1.01. The maximum atomic E-state index is 13.3. The number of rotatable bonds is 6. The van der Waals surface area contributed by atoms with Gasteiger partial charge < -0.3 is 24.7 Å². The van der Waals surface area contributed by atoms with E-state index in [9.17, 15) is 18.8 Å². The second-order valence-electron chi connectivity index (χ2n) is 10.4. The van der Waals surface area contributed by atoms with Crippen LogP contribution in [-0.4, -0.2) is 53.0 Å². The van der Waals surface area contributed by atoms with Crippen molar-refractivity contribution in [1.82, 2.24) is 15.2 Å². The van der Waals surface area contributed by atoms with E-state index in [0.717, 1.165) is 10.6 Å². The Balaban J connectivity index is 1.29. The Hall–Kier alpha value is -2.72. The molecule has 3 heterocycles. The predicted octanol–water partition coefficient (Wildman–Crippen LogP) is 4.38. The normalized spacial score (nSPS) is 24.4. The highest BCUT2D eigenvalue weighted by atomic mass is 35.5. The molecule has 1 aliphatic carbocycles. The van der Waals surface area contributed by atoms with Crippen LogP contribution in [0.1, 0.15) is 53.4 Å². The number of alkyl halides is 1. The topological polar surface area (TPSA) is 101 Å². The smallest absolute Gasteiger partial charge is 0.254 e. The molecule has 3 atom stereocenters.